The average molecular weight is 346 g/mol. The highest BCUT2D eigenvalue weighted by atomic mass is 32.2. The van der Waals surface area contributed by atoms with Crippen molar-refractivity contribution in [1.29, 1.82) is 0 Å². The Balaban J connectivity index is 1.77. The minimum atomic E-state index is -3.65. The van der Waals surface area contributed by atoms with Crippen LogP contribution in [0.3, 0.4) is 0 Å². The van der Waals surface area contributed by atoms with Gasteiger partial charge in [-0.2, -0.15) is 9.40 Å². The second kappa shape index (κ2) is 5.71. The molecule has 24 heavy (non-hydrogen) atoms. The number of benzene rings is 1. The van der Waals surface area contributed by atoms with E-state index in [1.54, 1.807) is 7.05 Å². The maximum Gasteiger partial charge on any atom is 0.260 e. The molecule has 1 fully saturated rings. The van der Waals surface area contributed by atoms with Crippen LogP contribution < -0.4 is 0 Å². The maximum atomic E-state index is 13.1. The molecule has 0 spiro atoms. The van der Waals surface area contributed by atoms with Crippen LogP contribution in [0.15, 0.2) is 46.0 Å². The zero-order valence-corrected chi connectivity index (χ0v) is 14.1. The quantitative estimate of drug-likeness (QED) is 0.728. The number of sulfonamides is 1. The third-order valence-corrected chi connectivity index (χ3v) is 6.38. The summed E-state index contributed by atoms with van der Waals surface area (Å²) in [5.41, 5.74) is 1.42. The Bertz CT molecular complexity index is 943. The minimum Gasteiger partial charge on any atom is -0.439 e. The summed E-state index contributed by atoms with van der Waals surface area (Å²) in [6.45, 7) is 0.455. The summed E-state index contributed by atoms with van der Waals surface area (Å²) < 4.78 is 34.8. The number of hydrogen-bond acceptors (Lipinski definition) is 5. The third kappa shape index (κ3) is 2.42. The number of rotatable bonds is 3. The Morgan fingerprint density at radius 3 is 2.79 bits per heavy atom. The van der Waals surface area contributed by atoms with Crippen LogP contribution in [0.4, 0.5) is 0 Å². The van der Waals surface area contributed by atoms with E-state index in [0.717, 1.165) is 18.4 Å². The van der Waals surface area contributed by atoms with Crippen molar-refractivity contribution in [3.8, 4) is 0 Å². The van der Waals surface area contributed by atoms with Gasteiger partial charge in [0.05, 0.1) is 6.20 Å². The summed E-state index contributed by atoms with van der Waals surface area (Å²) in [6.07, 6.45) is 3.96. The second-order valence-corrected chi connectivity index (χ2v) is 7.78. The molecule has 0 bridgehead atoms. The fourth-order valence-electron chi connectivity index (χ4n) is 3.21. The van der Waals surface area contributed by atoms with Crippen molar-refractivity contribution in [2.75, 3.05) is 6.54 Å². The van der Waals surface area contributed by atoms with Crippen LogP contribution in [-0.4, -0.2) is 34.0 Å². The Kier molecular flexibility index (Phi) is 3.65. The summed E-state index contributed by atoms with van der Waals surface area (Å²) in [4.78, 5) is 4.51. The molecule has 0 saturated carbocycles. The monoisotopic (exact) mass is 346 g/mol. The summed E-state index contributed by atoms with van der Waals surface area (Å²) in [5.74, 6) is 0.460. The van der Waals surface area contributed by atoms with Gasteiger partial charge < -0.3 is 4.42 Å². The van der Waals surface area contributed by atoms with Crippen LogP contribution in [0.2, 0.25) is 0 Å². The van der Waals surface area contributed by atoms with Gasteiger partial charge in [-0.1, -0.05) is 18.6 Å². The largest absolute Gasteiger partial charge is 0.439 e. The number of para-hydroxylation sites is 2. The molecule has 0 radical (unpaired) electrons. The standard InChI is InChI=1S/C16H18N4O3S/c1-19-15(9-10-17-19)24(21,22)20-11-5-4-7-13(20)16-18-12-6-2-3-8-14(12)23-16/h2-3,6,8-10,13H,4-5,7,11H2,1H3/t13-/m0/s1. The molecule has 7 nitrogen and oxygen atoms in total. The average Bonchev–Trinajstić information content (AvgIpc) is 3.21. The van der Waals surface area contributed by atoms with Crippen molar-refractivity contribution in [1.82, 2.24) is 19.1 Å². The Morgan fingerprint density at radius 1 is 1.21 bits per heavy atom. The zero-order valence-electron chi connectivity index (χ0n) is 13.3. The lowest BCUT2D eigenvalue weighted by molar-refractivity contribution is 0.221. The second-order valence-electron chi connectivity index (χ2n) is 5.94. The first kappa shape index (κ1) is 15.3. The van der Waals surface area contributed by atoms with Gasteiger partial charge in [0.2, 0.25) is 5.89 Å². The first-order valence-corrected chi connectivity index (χ1v) is 9.37. The number of nitrogens with zero attached hydrogens (tertiary/aromatic N) is 4. The highest BCUT2D eigenvalue weighted by Gasteiger charge is 2.38. The van der Waals surface area contributed by atoms with Gasteiger partial charge in [0.1, 0.15) is 11.6 Å². The predicted octanol–water partition coefficient (Wildman–Crippen LogP) is 2.48. The van der Waals surface area contributed by atoms with E-state index in [4.69, 9.17) is 4.42 Å². The molecule has 8 heteroatoms. The van der Waals surface area contributed by atoms with Gasteiger partial charge in [0, 0.05) is 13.6 Å². The normalized spacial score (nSPS) is 19.8. The van der Waals surface area contributed by atoms with Crippen molar-refractivity contribution >= 4 is 21.1 Å². The third-order valence-electron chi connectivity index (χ3n) is 4.40. The number of oxazole rings is 1. The molecular weight excluding hydrogens is 328 g/mol. The summed E-state index contributed by atoms with van der Waals surface area (Å²) in [7, 11) is -2.02. The molecule has 3 heterocycles. The van der Waals surface area contributed by atoms with Crippen LogP contribution in [0, 0.1) is 0 Å². The van der Waals surface area contributed by atoms with E-state index < -0.39 is 10.0 Å². The van der Waals surface area contributed by atoms with E-state index in [9.17, 15) is 8.42 Å². The molecule has 1 saturated heterocycles. The van der Waals surface area contributed by atoms with Crippen LogP contribution in [0.1, 0.15) is 31.2 Å². The lowest BCUT2D eigenvalue weighted by Crippen LogP contribution is -2.39. The van der Waals surface area contributed by atoms with Crippen LogP contribution in [-0.2, 0) is 17.1 Å². The van der Waals surface area contributed by atoms with Crippen molar-refractivity contribution in [3.05, 3.63) is 42.4 Å². The molecule has 0 amide bonds. The molecule has 0 N–H and O–H groups in total. The molecule has 4 rings (SSSR count). The lowest BCUT2D eigenvalue weighted by atomic mass is 10.1. The van der Waals surface area contributed by atoms with Gasteiger partial charge in [0.25, 0.3) is 10.0 Å². The van der Waals surface area contributed by atoms with E-state index >= 15 is 0 Å². The topological polar surface area (TPSA) is 81.2 Å². The van der Waals surface area contributed by atoms with E-state index in [0.29, 0.717) is 24.4 Å². The van der Waals surface area contributed by atoms with Gasteiger partial charge in [-0.05, 0) is 31.0 Å². The van der Waals surface area contributed by atoms with E-state index in [-0.39, 0.29) is 11.1 Å². The number of fused-ring (bicyclic) bond motifs is 1. The van der Waals surface area contributed by atoms with Crippen molar-refractivity contribution < 1.29 is 12.8 Å². The fraction of sp³-hybridized carbons (Fsp3) is 0.375. The first-order chi connectivity index (χ1) is 11.6. The molecule has 3 aromatic rings. The first-order valence-electron chi connectivity index (χ1n) is 7.93. The Morgan fingerprint density at radius 2 is 2.04 bits per heavy atom. The molecule has 0 aliphatic carbocycles. The number of aryl methyl sites for hydroxylation is 1. The number of aromatic nitrogens is 3. The number of hydrogen-bond donors (Lipinski definition) is 0. The molecule has 1 atom stereocenters. The van der Waals surface area contributed by atoms with Gasteiger partial charge in [-0.15, -0.1) is 0 Å². The SMILES string of the molecule is Cn1nccc1S(=O)(=O)N1CCCC[C@H]1c1nc2ccccc2o1. The summed E-state index contributed by atoms with van der Waals surface area (Å²) in [6, 6.07) is 8.61. The van der Waals surface area contributed by atoms with Gasteiger partial charge in [-0.3, -0.25) is 4.68 Å². The Labute approximate surface area is 139 Å². The van der Waals surface area contributed by atoms with Crippen LogP contribution in [0.25, 0.3) is 11.1 Å². The molecule has 0 unspecified atom stereocenters. The number of piperidine rings is 1. The van der Waals surface area contributed by atoms with Crippen LogP contribution in [0.5, 0.6) is 0 Å². The summed E-state index contributed by atoms with van der Waals surface area (Å²) >= 11 is 0. The molecule has 126 valence electrons. The Hall–Kier alpha value is -2.19. The maximum absolute atomic E-state index is 13.1. The molecule has 1 aliphatic heterocycles. The fourth-order valence-corrected chi connectivity index (χ4v) is 4.96. The summed E-state index contributed by atoms with van der Waals surface area (Å²) in [5, 5.41) is 4.17. The van der Waals surface area contributed by atoms with Gasteiger partial charge in [0.15, 0.2) is 10.6 Å². The van der Waals surface area contributed by atoms with Crippen molar-refractivity contribution in [2.45, 2.75) is 30.3 Å². The lowest BCUT2D eigenvalue weighted by Gasteiger charge is -2.32. The van der Waals surface area contributed by atoms with Crippen molar-refractivity contribution in [3.63, 3.8) is 0 Å². The minimum absolute atomic E-state index is 0.186. The smallest absolute Gasteiger partial charge is 0.260 e. The highest BCUT2D eigenvalue weighted by Crippen LogP contribution is 2.36. The van der Waals surface area contributed by atoms with Gasteiger partial charge in [-0.25, -0.2) is 13.4 Å². The highest BCUT2D eigenvalue weighted by molar-refractivity contribution is 7.89. The van der Waals surface area contributed by atoms with Gasteiger partial charge >= 0.3 is 0 Å². The molecule has 1 aliphatic rings. The molecule has 1 aromatic carbocycles. The zero-order chi connectivity index (χ0) is 16.7. The molecular formula is C16H18N4O3S. The van der Waals surface area contributed by atoms with E-state index in [2.05, 4.69) is 10.1 Å². The predicted molar refractivity (Wildman–Crippen MR) is 87.7 cm³/mol. The molecule has 2 aromatic heterocycles. The van der Waals surface area contributed by atoms with E-state index in [1.807, 2.05) is 24.3 Å². The van der Waals surface area contributed by atoms with Crippen LogP contribution >= 0.6 is 0 Å². The van der Waals surface area contributed by atoms with Crippen molar-refractivity contribution in [2.24, 2.45) is 7.05 Å². The van der Waals surface area contributed by atoms with E-state index in [1.165, 1.54) is 21.3 Å².